The van der Waals surface area contributed by atoms with Crippen molar-refractivity contribution in [1.29, 1.82) is 0 Å². The second-order valence-corrected chi connectivity index (χ2v) is 21.9. The van der Waals surface area contributed by atoms with Crippen molar-refractivity contribution in [1.82, 2.24) is 0 Å². The zero-order valence-corrected chi connectivity index (χ0v) is 32.7. The summed E-state index contributed by atoms with van der Waals surface area (Å²) in [6, 6.07) is 37.5. The van der Waals surface area contributed by atoms with Crippen LogP contribution < -0.4 is 24.8 Å². The summed E-state index contributed by atoms with van der Waals surface area (Å²) in [6.07, 6.45) is 9.38. The number of fused-ring (bicyclic) bond motifs is 3. The minimum atomic E-state index is -2.69. The minimum absolute atomic E-state index is 0. The standard InChI is InChI=1S/C21H25.C17H18.C5H5.2ClH.Zr/c1-20(2,3)16-7-9-18-14(12-16)11-15-13-17(21(4,5)6)8-10-19(15)18;1-17(2,16-11-7-4-8-12-16)14-13-15-9-5-3-6-10-15;1-2-4-5-3-1;;;/h7-13H,1-6H3;3-12H,13H2,1-2H3;1-3H,4H2;2*1H;/q;;;;;+2/p-2. The molecule has 2 aliphatic carbocycles. The van der Waals surface area contributed by atoms with Crippen molar-refractivity contribution in [3.8, 4) is 11.1 Å². The molecule has 0 atom stereocenters. The third-order valence-electron chi connectivity index (χ3n) is 9.95. The Morgan fingerprint density at radius 2 is 1.13 bits per heavy atom. The Kier molecular flexibility index (Phi) is 11.2. The summed E-state index contributed by atoms with van der Waals surface area (Å²) in [7, 11) is 0. The van der Waals surface area contributed by atoms with Crippen molar-refractivity contribution >= 4 is 3.21 Å². The average Bonchev–Trinajstić information content (AvgIpc) is 3.64. The van der Waals surface area contributed by atoms with E-state index in [-0.39, 0.29) is 41.1 Å². The fraction of sp³-hybridized carbons (Fsp3) is 0.326. The molecule has 0 saturated heterocycles. The van der Waals surface area contributed by atoms with Gasteiger partial charge in [0.1, 0.15) is 0 Å². The molecule has 0 amide bonds. The van der Waals surface area contributed by atoms with Crippen LogP contribution in [0.2, 0.25) is 0 Å². The first-order chi connectivity index (χ1) is 20.9. The predicted octanol–water partition coefficient (Wildman–Crippen LogP) is 5.21. The van der Waals surface area contributed by atoms with Gasteiger partial charge >= 0.3 is 276 Å². The van der Waals surface area contributed by atoms with Gasteiger partial charge in [-0.3, -0.25) is 0 Å². The van der Waals surface area contributed by atoms with Crippen LogP contribution in [0.1, 0.15) is 98.8 Å². The number of rotatable bonds is 6. The van der Waals surface area contributed by atoms with E-state index >= 15 is 0 Å². The SMILES string of the molecule is CC(C)(C)c1ccc2c(c1)[CH](/[Zr+2]([C]1=CC=CC1)=[C](/Cc1ccccc1)C(C)(C)c1ccccc1)c1cc(C(C)(C)C)ccc1-2.[Cl-].[Cl-]. The Hall–Kier alpha value is -2.31. The molecular formula is C43H48Cl2Zr. The van der Waals surface area contributed by atoms with Crippen LogP contribution >= 0.6 is 0 Å². The molecule has 0 nitrogen and oxygen atoms in total. The van der Waals surface area contributed by atoms with Gasteiger partial charge in [0.2, 0.25) is 0 Å². The first-order valence-corrected chi connectivity index (χ1v) is 20.2. The molecule has 0 unspecified atom stereocenters. The van der Waals surface area contributed by atoms with Crippen LogP contribution in [-0.4, -0.2) is 3.21 Å². The van der Waals surface area contributed by atoms with E-state index in [4.69, 9.17) is 0 Å². The van der Waals surface area contributed by atoms with Crippen molar-refractivity contribution in [2.24, 2.45) is 0 Å². The van der Waals surface area contributed by atoms with Gasteiger partial charge in [-0.2, -0.15) is 0 Å². The summed E-state index contributed by atoms with van der Waals surface area (Å²) in [5.74, 6) is 0. The van der Waals surface area contributed by atoms with E-state index in [1.807, 2.05) is 0 Å². The molecule has 0 bridgehead atoms. The molecule has 0 N–H and O–H groups in total. The third kappa shape index (κ3) is 7.09. The fourth-order valence-corrected chi connectivity index (χ4v) is 17.1. The summed E-state index contributed by atoms with van der Waals surface area (Å²) >= 11 is -2.69. The first kappa shape index (κ1) is 36.5. The van der Waals surface area contributed by atoms with E-state index in [1.165, 1.54) is 33.4 Å². The maximum atomic E-state index is 2.61. The molecule has 4 aromatic rings. The summed E-state index contributed by atoms with van der Waals surface area (Å²) < 4.78 is 3.96. The van der Waals surface area contributed by atoms with E-state index in [9.17, 15) is 0 Å². The van der Waals surface area contributed by atoms with Crippen LogP contribution in [-0.2, 0) is 43.9 Å². The van der Waals surface area contributed by atoms with Gasteiger partial charge in [0, 0.05) is 0 Å². The van der Waals surface area contributed by atoms with Crippen LogP contribution in [0.25, 0.3) is 11.1 Å². The normalized spacial score (nSPS) is 14.5. The number of halogens is 2. The van der Waals surface area contributed by atoms with Crippen molar-refractivity contribution in [3.05, 3.63) is 152 Å². The summed E-state index contributed by atoms with van der Waals surface area (Å²) in [5.41, 5.74) is 12.0. The van der Waals surface area contributed by atoms with Crippen molar-refractivity contribution in [2.45, 2.75) is 88.1 Å². The molecule has 0 heterocycles. The molecule has 0 aromatic heterocycles. The van der Waals surface area contributed by atoms with E-state index < -0.39 is 21.3 Å². The van der Waals surface area contributed by atoms with E-state index in [0.29, 0.717) is 3.63 Å². The minimum Gasteiger partial charge on any atom is -1.00 e. The smallest absolute Gasteiger partial charge is 1.00 e. The number of hydrogen-bond acceptors (Lipinski definition) is 0. The van der Waals surface area contributed by atoms with E-state index in [2.05, 4.69) is 171 Å². The molecule has 0 saturated carbocycles. The maximum absolute atomic E-state index is 2.69. The Morgan fingerprint density at radius 1 is 0.630 bits per heavy atom. The largest absolute Gasteiger partial charge is 1.00 e. The Labute approximate surface area is 298 Å². The van der Waals surface area contributed by atoms with Crippen LogP contribution in [0.15, 0.2) is 119 Å². The first-order valence-electron chi connectivity index (χ1n) is 16.3. The molecule has 2 aliphatic rings. The van der Waals surface area contributed by atoms with Crippen LogP contribution in [0.3, 0.4) is 0 Å². The molecule has 0 radical (unpaired) electrons. The van der Waals surface area contributed by atoms with E-state index in [0.717, 1.165) is 12.8 Å². The molecule has 6 rings (SSSR count). The van der Waals surface area contributed by atoms with Gasteiger partial charge < -0.3 is 24.8 Å². The maximum Gasteiger partial charge on any atom is -1.00 e. The third-order valence-corrected chi connectivity index (χ3v) is 19.1. The molecular weight excluding hydrogens is 679 g/mol. The molecule has 3 heteroatoms. The van der Waals surface area contributed by atoms with Crippen molar-refractivity contribution in [2.75, 3.05) is 0 Å². The zero-order valence-electron chi connectivity index (χ0n) is 28.7. The molecule has 4 aromatic carbocycles. The van der Waals surface area contributed by atoms with Crippen LogP contribution in [0.4, 0.5) is 0 Å². The van der Waals surface area contributed by atoms with Gasteiger partial charge in [0.15, 0.2) is 0 Å². The van der Waals surface area contributed by atoms with Gasteiger partial charge in [-0.25, -0.2) is 0 Å². The molecule has 0 spiro atoms. The number of allylic oxidation sites excluding steroid dienone is 4. The molecule has 46 heavy (non-hydrogen) atoms. The van der Waals surface area contributed by atoms with Crippen LogP contribution in [0.5, 0.6) is 0 Å². The second-order valence-electron chi connectivity index (χ2n) is 15.4. The van der Waals surface area contributed by atoms with Crippen molar-refractivity contribution in [3.63, 3.8) is 0 Å². The van der Waals surface area contributed by atoms with Gasteiger partial charge in [-0.15, -0.1) is 0 Å². The quantitative estimate of drug-likeness (QED) is 0.256. The second kappa shape index (κ2) is 14.0. The van der Waals surface area contributed by atoms with E-state index in [1.54, 1.807) is 17.6 Å². The van der Waals surface area contributed by atoms with Gasteiger partial charge in [-0.05, 0) is 0 Å². The van der Waals surface area contributed by atoms with Gasteiger partial charge in [0.25, 0.3) is 0 Å². The summed E-state index contributed by atoms with van der Waals surface area (Å²) in [4.78, 5) is 0. The fourth-order valence-electron chi connectivity index (χ4n) is 7.19. The zero-order chi connectivity index (χ0) is 31.3. The van der Waals surface area contributed by atoms with Gasteiger partial charge in [0.05, 0.1) is 0 Å². The Bertz CT molecular complexity index is 1710. The van der Waals surface area contributed by atoms with Crippen LogP contribution in [0, 0.1) is 0 Å². The molecule has 0 aliphatic heterocycles. The molecule has 238 valence electrons. The van der Waals surface area contributed by atoms with Crippen molar-refractivity contribution < 1.29 is 46.1 Å². The summed E-state index contributed by atoms with van der Waals surface area (Å²) in [5, 5.41) is 0. The van der Waals surface area contributed by atoms with Gasteiger partial charge in [-0.1, -0.05) is 0 Å². The average molecular weight is 727 g/mol. The number of hydrogen-bond donors (Lipinski definition) is 0. The Balaban J connectivity index is 0.00000240. The Morgan fingerprint density at radius 3 is 1.59 bits per heavy atom. The molecule has 0 fully saturated rings. The topological polar surface area (TPSA) is 0 Å². The number of benzene rings is 4. The summed E-state index contributed by atoms with van der Waals surface area (Å²) in [6.45, 7) is 19.2. The monoisotopic (exact) mass is 724 g/mol. The predicted molar refractivity (Wildman–Crippen MR) is 188 cm³/mol.